The lowest BCUT2D eigenvalue weighted by molar-refractivity contribution is -0.164. The highest BCUT2D eigenvalue weighted by atomic mass is 32.2. The molecular weight excluding hydrogens is 918 g/mol. The molecule has 0 spiro atoms. The van der Waals surface area contributed by atoms with Gasteiger partial charge in [-0.15, -0.1) is 10.2 Å². The topological polar surface area (TPSA) is 120 Å². The van der Waals surface area contributed by atoms with Crippen molar-refractivity contribution in [3.63, 3.8) is 0 Å². The number of aromatic nitrogens is 2. The summed E-state index contributed by atoms with van der Waals surface area (Å²) in [6.45, 7) is 20.7. The number of nitrogens with zero attached hydrogens (tertiary/aromatic N) is 3. The number of carbonyl (C=O) groups excluding carboxylic acids is 2. The third-order valence-corrected chi connectivity index (χ3v) is 29.1. The molecule has 0 radical (unpaired) electrons. The Morgan fingerprint density at radius 2 is 1.33 bits per heavy atom. The highest BCUT2D eigenvalue weighted by Gasteiger charge is 2.60. The van der Waals surface area contributed by atoms with E-state index >= 15 is 9.59 Å². The maximum absolute atomic E-state index is 15.9. The summed E-state index contributed by atoms with van der Waals surface area (Å²) in [5.41, 5.74) is 2.68. The van der Waals surface area contributed by atoms with E-state index < -0.39 is 59.6 Å². The number of hydrogen-bond donors (Lipinski definition) is 1. The average Bonchev–Trinajstić information content (AvgIpc) is 3.81. The molecule has 1 fully saturated rings. The Hall–Kier alpha value is -3.86. The second kappa shape index (κ2) is 21.2. The van der Waals surface area contributed by atoms with Crippen LogP contribution >= 0.6 is 30.0 Å². The fourth-order valence-electron chi connectivity index (χ4n) is 7.99. The standard InChI is InChI=1S/C51H68N3O7PS2Si2/c1-36(61-66(11,12)51(5,6)7)44-45(42(33-60-65(9,10)50(2,3)4)43(55)34-63-49-53-52-35-64-49)54(46(44)56)47(48(57)59-32-37-28-30-38(58-8)31-29-37)62(39-22-16-13-17-23-39,40-24-18-14-19-25-40)41-26-20-15-21-27-41/h13-31,35-36,42-45,55H,32-34H2,1-12H3/t36-,42+,43-,44-,45-/m1/s1. The highest BCUT2D eigenvalue weighted by molar-refractivity contribution is 8.01. The van der Waals surface area contributed by atoms with Crippen LogP contribution in [0.15, 0.2) is 125 Å². The van der Waals surface area contributed by atoms with Crippen LogP contribution in [0.1, 0.15) is 54.0 Å². The van der Waals surface area contributed by atoms with Crippen molar-refractivity contribution >= 4 is 79.8 Å². The van der Waals surface area contributed by atoms with Gasteiger partial charge in [0.2, 0.25) is 5.91 Å². The van der Waals surface area contributed by atoms with Gasteiger partial charge in [0.1, 0.15) is 23.3 Å². The van der Waals surface area contributed by atoms with Crippen molar-refractivity contribution in [3.05, 3.63) is 126 Å². The predicted molar refractivity (Wildman–Crippen MR) is 278 cm³/mol. The SMILES string of the molecule is COc1ccc(COC(=O)C(N2C(=O)[C@H]([C@@H](C)O[Si](C)(C)C(C)(C)C)[C@H]2[C@@H](CO[Si](C)(C)C(C)(C)C)[C@H](O)CSc2nncs2)=P(c2ccccc2)(c2ccccc2)c2ccccc2)cc1. The third kappa shape index (κ3) is 11.0. The molecule has 0 unspecified atom stereocenters. The first-order chi connectivity index (χ1) is 31.1. The Morgan fingerprint density at radius 3 is 1.79 bits per heavy atom. The molecule has 1 saturated heterocycles. The van der Waals surface area contributed by atoms with E-state index in [4.69, 9.17) is 18.3 Å². The molecule has 5 atom stereocenters. The van der Waals surface area contributed by atoms with E-state index in [0.29, 0.717) is 5.75 Å². The molecule has 0 bridgehead atoms. The van der Waals surface area contributed by atoms with Gasteiger partial charge in [0, 0.05) is 25.2 Å². The summed E-state index contributed by atoms with van der Waals surface area (Å²) >= 11 is 2.83. The summed E-state index contributed by atoms with van der Waals surface area (Å²) in [7, 11) is -3.29. The van der Waals surface area contributed by atoms with E-state index in [9.17, 15) is 5.11 Å². The Balaban J connectivity index is 1.68. The van der Waals surface area contributed by atoms with Crippen molar-refractivity contribution in [1.29, 1.82) is 0 Å². The number of β-lactam (4-membered cyclic amide) rings is 1. The number of aliphatic hydroxyl groups is 1. The fraction of sp³-hybridized carbons (Fsp3) is 0.431. The predicted octanol–water partition coefficient (Wildman–Crippen LogP) is 9.74. The first kappa shape index (κ1) is 51.5. The van der Waals surface area contributed by atoms with Gasteiger partial charge in [-0.1, -0.05) is 168 Å². The van der Waals surface area contributed by atoms with Crippen LogP contribution in [-0.2, 0) is 29.8 Å². The average molecular weight is 986 g/mol. The molecule has 1 aliphatic heterocycles. The lowest BCUT2D eigenvalue weighted by Crippen LogP contribution is -2.73. The number of benzene rings is 4. The van der Waals surface area contributed by atoms with Crippen LogP contribution in [0.2, 0.25) is 36.3 Å². The molecule has 15 heteroatoms. The second-order valence-electron chi connectivity index (χ2n) is 20.1. The molecule has 10 nitrogen and oxygen atoms in total. The summed E-state index contributed by atoms with van der Waals surface area (Å²) in [5.74, 6) is -1.33. The number of thioether (sulfide) groups is 1. The van der Waals surface area contributed by atoms with E-state index in [0.717, 1.165) is 25.8 Å². The maximum Gasteiger partial charge on any atom is 0.356 e. The Kier molecular flexibility index (Phi) is 16.6. The van der Waals surface area contributed by atoms with Crippen molar-refractivity contribution < 1.29 is 33.0 Å². The first-order valence-electron chi connectivity index (χ1n) is 22.6. The van der Waals surface area contributed by atoms with Gasteiger partial charge >= 0.3 is 5.97 Å². The summed E-state index contributed by atoms with van der Waals surface area (Å²) in [6.07, 6.45) is -1.56. The number of carbonyl (C=O) groups is 2. The fourth-order valence-corrected chi connectivity index (χ4v) is 16.4. The molecule has 4 aromatic carbocycles. The number of rotatable bonds is 19. The van der Waals surface area contributed by atoms with E-state index in [1.54, 1.807) is 17.5 Å². The van der Waals surface area contributed by atoms with Gasteiger partial charge in [-0.05, 0) is 76.8 Å². The molecule has 5 aromatic rings. The summed E-state index contributed by atoms with van der Waals surface area (Å²) in [4.78, 5) is 33.5. The lowest BCUT2D eigenvalue weighted by atomic mass is 9.74. The molecular formula is C51H68N3O7PS2Si2. The molecule has 0 aliphatic carbocycles. The second-order valence-corrected chi connectivity index (χ2v) is 35.0. The van der Waals surface area contributed by atoms with Gasteiger partial charge in [0.05, 0.1) is 31.3 Å². The molecule has 0 saturated carbocycles. The number of methoxy groups -OCH3 is 1. The summed E-state index contributed by atoms with van der Waals surface area (Å²) in [5, 5.41) is 23.4. The van der Waals surface area contributed by atoms with Crippen molar-refractivity contribution in [2.45, 2.75) is 114 Å². The molecule has 1 amide bonds. The number of likely N-dealkylation sites (tertiary alicyclic amines) is 1. The zero-order chi connectivity index (χ0) is 48.1. The molecule has 6 rings (SSSR count). The van der Waals surface area contributed by atoms with Crippen LogP contribution in [-0.4, -0.2) is 91.9 Å². The molecule has 1 N–H and O–H groups in total. The van der Waals surface area contributed by atoms with Crippen LogP contribution in [0.4, 0.5) is 0 Å². The molecule has 1 aromatic heterocycles. The molecule has 2 heterocycles. The molecule has 1 aliphatic rings. The van der Waals surface area contributed by atoms with Crippen LogP contribution in [0.25, 0.3) is 0 Å². The minimum atomic E-state index is -3.32. The number of hydrogen-bond acceptors (Lipinski definition) is 11. The minimum absolute atomic E-state index is 0.0509. The lowest BCUT2D eigenvalue weighted by Gasteiger charge is -2.56. The first-order valence-corrected chi connectivity index (χ1v) is 32.1. The van der Waals surface area contributed by atoms with E-state index in [2.05, 4.69) is 114 Å². The van der Waals surface area contributed by atoms with E-state index in [1.165, 1.54) is 23.1 Å². The third-order valence-electron chi connectivity index (χ3n) is 13.8. The monoisotopic (exact) mass is 985 g/mol. The Morgan fingerprint density at radius 1 is 0.818 bits per heavy atom. The normalized spacial score (nSPS) is 17.4. The minimum Gasteiger partial charge on any atom is -0.497 e. The highest BCUT2D eigenvalue weighted by Crippen LogP contribution is 2.52. The van der Waals surface area contributed by atoms with Crippen LogP contribution in [0.5, 0.6) is 5.75 Å². The van der Waals surface area contributed by atoms with Gasteiger partial charge in [0.15, 0.2) is 21.0 Å². The zero-order valence-electron chi connectivity index (χ0n) is 40.6. The van der Waals surface area contributed by atoms with Gasteiger partial charge in [-0.3, -0.25) is 4.79 Å². The van der Waals surface area contributed by atoms with Gasteiger partial charge in [-0.2, -0.15) is 0 Å². The zero-order valence-corrected chi connectivity index (χ0v) is 45.1. The number of esters is 1. The Labute approximate surface area is 403 Å². The number of amides is 1. The van der Waals surface area contributed by atoms with E-state index in [1.807, 2.05) is 85.8 Å². The summed E-state index contributed by atoms with van der Waals surface area (Å²) in [6, 6.07) is 36.7. The van der Waals surface area contributed by atoms with Crippen molar-refractivity contribution in [1.82, 2.24) is 15.1 Å². The molecule has 66 heavy (non-hydrogen) atoms. The number of ether oxygens (including phenoxy) is 2. The molecule has 354 valence electrons. The quantitative estimate of drug-likeness (QED) is 0.0282. The smallest absolute Gasteiger partial charge is 0.356 e. The van der Waals surface area contributed by atoms with E-state index in [-0.39, 0.29) is 40.4 Å². The van der Waals surface area contributed by atoms with Gasteiger partial charge < -0.3 is 28.3 Å². The van der Waals surface area contributed by atoms with Crippen LogP contribution < -0.4 is 20.7 Å². The Bertz CT molecular complexity index is 2330. The van der Waals surface area contributed by atoms with Crippen molar-refractivity contribution in [2.75, 3.05) is 19.5 Å². The van der Waals surface area contributed by atoms with Gasteiger partial charge in [-0.25, -0.2) is 4.79 Å². The van der Waals surface area contributed by atoms with Crippen molar-refractivity contribution in [3.8, 4) is 5.75 Å². The van der Waals surface area contributed by atoms with Crippen LogP contribution in [0.3, 0.4) is 0 Å². The summed E-state index contributed by atoms with van der Waals surface area (Å²) < 4.78 is 26.9. The maximum atomic E-state index is 15.9. The number of aliphatic hydroxyl groups excluding tert-OH is 1. The van der Waals surface area contributed by atoms with Crippen LogP contribution in [0, 0.1) is 11.8 Å². The van der Waals surface area contributed by atoms with Crippen molar-refractivity contribution in [2.24, 2.45) is 11.8 Å². The van der Waals surface area contributed by atoms with Gasteiger partial charge in [0.25, 0.3) is 0 Å². The largest absolute Gasteiger partial charge is 0.497 e.